The SMILES string of the molecule is CC(O)CC(C)NS(=O)(=O)N(C)CCC(=O)O. The van der Waals surface area contributed by atoms with Gasteiger partial charge in [0.15, 0.2) is 0 Å². The van der Waals surface area contributed by atoms with E-state index in [2.05, 4.69) is 4.72 Å². The number of hydrogen-bond donors (Lipinski definition) is 3. The van der Waals surface area contributed by atoms with Gasteiger partial charge < -0.3 is 10.2 Å². The maximum atomic E-state index is 11.7. The van der Waals surface area contributed by atoms with E-state index in [1.807, 2.05) is 0 Å². The number of nitrogens with zero attached hydrogens (tertiary/aromatic N) is 1. The Kier molecular flexibility index (Phi) is 6.61. The first kappa shape index (κ1) is 16.3. The number of hydrogen-bond acceptors (Lipinski definition) is 4. The molecule has 2 unspecified atom stereocenters. The lowest BCUT2D eigenvalue weighted by Gasteiger charge is -2.21. The van der Waals surface area contributed by atoms with Crippen molar-refractivity contribution < 1.29 is 23.4 Å². The molecule has 0 radical (unpaired) electrons. The lowest BCUT2D eigenvalue weighted by atomic mass is 10.2. The van der Waals surface area contributed by atoms with Crippen LogP contribution < -0.4 is 4.72 Å². The Balaban J connectivity index is 4.31. The third-order valence-corrected chi connectivity index (χ3v) is 3.80. The summed E-state index contributed by atoms with van der Waals surface area (Å²) in [5.74, 6) is -1.05. The maximum Gasteiger partial charge on any atom is 0.304 e. The monoisotopic (exact) mass is 268 g/mol. The zero-order chi connectivity index (χ0) is 13.6. The van der Waals surface area contributed by atoms with Gasteiger partial charge in [0.1, 0.15) is 0 Å². The Morgan fingerprint density at radius 1 is 1.41 bits per heavy atom. The molecule has 0 spiro atoms. The van der Waals surface area contributed by atoms with Crippen LogP contribution in [0.5, 0.6) is 0 Å². The number of aliphatic hydroxyl groups is 1. The van der Waals surface area contributed by atoms with Gasteiger partial charge in [-0.15, -0.1) is 0 Å². The average Bonchev–Trinajstić information content (AvgIpc) is 2.11. The molecular weight excluding hydrogens is 248 g/mol. The molecule has 102 valence electrons. The van der Waals surface area contributed by atoms with Crippen molar-refractivity contribution in [3.63, 3.8) is 0 Å². The number of aliphatic carboxylic acids is 1. The molecular formula is C9H20N2O5S. The number of nitrogens with one attached hydrogen (secondary N) is 1. The molecule has 0 saturated heterocycles. The minimum absolute atomic E-state index is 0.0912. The van der Waals surface area contributed by atoms with Gasteiger partial charge in [-0.3, -0.25) is 4.79 Å². The second kappa shape index (κ2) is 6.90. The van der Waals surface area contributed by atoms with E-state index in [1.54, 1.807) is 13.8 Å². The smallest absolute Gasteiger partial charge is 0.304 e. The normalized spacial score (nSPS) is 15.8. The second-order valence-corrected chi connectivity index (χ2v) is 5.88. The molecule has 0 bridgehead atoms. The van der Waals surface area contributed by atoms with E-state index in [0.717, 1.165) is 4.31 Å². The van der Waals surface area contributed by atoms with Gasteiger partial charge in [0, 0.05) is 19.6 Å². The predicted molar refractivity (Wildman–Crippen MR) is 62.7 cm³/mol. The van der Waals surface area contributed by atoms with Crippen molar-refractivity contribution in [3.8, 4) is 0 Å². The Morgan fingerprint density at radius 2 is 1.94 bits per heavy atom. The number of rotatable bonds is 8. The van der Waals surface area contributed by atoms with Gasteiger partial charge in [-0.2, -0.15) is 17.4 Å². The molecule has 2 atom stereocenters. The zero-order valence-electron chi connectivity index (χ0n) is 10.3. The fourth-order valence-corrected chi connectivity index (χ4v) is 2.39. The summed E-state index contributed by atoms with van der Waals surface area (Å²) in [6.45, 7) is 3.11. The van der Waals surface area contributed by atoms with Gasteiger partial charge >= 0.3 is 5.97 Å². The highest BCUT2D eigenvalue weighted by atomic mass is 32.2. The fourth-order valence-electron chi connectivity index (χ4n) is 1.28. The highest BCUT2D eigenvalue weighted by Gasteiger charge is 2.21. The third-order valence-electron chi connectivity index (χ3n) is 2.10. The van der Waals surface area contributed by atoms with E-state index in [-0.39, 0.29) is 13.0 Å². The summed E-state index contributed by atoms with van der Waals surface area (Å²) < 4.78 is 26.7. The lowest BCUT2D eigenvalue weighted by Crippen LogP contribution is -2.44. The molecule has 0 aliphatic rings. The third kappa shape index (κ3) is 7.27. The highest BCUT2D eigenvalue weighted by molar-refractivity contribution is 7.87. The second-order valence-electron chi connectivity index (χ2n) is 4.07. The first-order valence-corrected chi connectivity index (χ1v) is 6.72. The molecule has 8 heteroatoms. The topological polar surface area (TPSA) is 107 Å². The van der Waals surface area contributed by atoms with Crippen LogP contribution in [0.2, 0.25) is 0 Å². The van der Waals surface area contributed by atoms with Crippen molar-refractivity contribution in [1.29, 1.82) is 0 Å². The molecule has 0 aromatic rings. The molecule has 17 heavy (non-hydrogen) atoms. The molecule has 0 amide bonds. The van der Waals surface area contributed by atoms with E-state index in [4.69, 9.17) is 10.2 Å². The van der Waals surface area contributed by atoms with Crippen molar-refractivity contribution in [1.82, 2.24) is 9.03 Å². The van der Waals surface area contributed by atoms with Crippen LogP contribution >= 0.6 is 0 Å². The average molecular weight is 268 g/mol. The Labute approximate surface area is 102 Å². The molecule has 3 N–H and O–H groups in total. The Bertz CT molecular complexity index is 341. The summed E-state index contributed by atoms with van der Waals surface area (Å²) in [5, 5.41) is 17.6. The number of carbonyl (C=O) groups is 1. The summed E-state index contributed by atoms with van der Waals surface area (Å²) in [7, 11) is -2.39. The van der Waals surface area contributed by atoms with Crippen molar-refractivity contribution in [2.75, 3.05) is 13.6 Å². The Morgan fingerprint density at radius 3 is 2.35 bits per heavy atom. The van der Waals surface area contributed by atoms with Crippen LogP contribution in [0.25, 0.3) is 0 Å². The molecule has 0 aliphatic heterocycles. The quantitative estimate of drug-likeness (QED) is 0.544. The van der Waals surface area contributed by atoms with Crippen molar-refractivity contribution in [2.45, 2.75) is 38.8 Å². The largest absolute Gasteiger partial charge is 0.481 e. The summed E-state index contributed by atoms with van der Waals surface area (Å²) >= 11 is 0. The molecule has 0 fully saturated rings. The number of aliphatic hydroxyl groups excluding tert-OH is 1. The highest BCUT2D eigenvalue weighted by Crippen LogP contribution is 2.02. The van der Waals surface area contributed by atoms with Gasteiger partial charge in [-0.25, -0.2) is 0 Å². The van der Waals surface area contributed by atoms with Crippen LogP contribution in [0, 0.1) is 0 Å². The minimum atomic E-state index is -3.69. The molecule has 0 heterocycles. The van der Waals surface area contributed by atoms with Crippen LogP contribution in [0.15, 0.2) is 0 Å². The van der Waals surface area contributed by atoms with E-state index in [0.29, 0.717) is 6.42 Å². The molecule has 0 saturated carbocycles. The van der Waals surface area contributed by atoms with Gasteiger partial charge in [0.05, 0.1) is 12.5 Å². The van der Waals surface area contributed by atoms with E-state index < -0.39 is 28.3 Å². The summed E-state index contributed by atoms with van der Waals surface area (Å²) in [5.41, 5.74) is 0. The van der Waals surface area contributed by atoms with Crippen LogP contribution in [0.3, 0.4) is 0 Å². The predicted octanol–water partition coefficient (Wildman–Crippen LogP) is -0.613. The van der Waals surface area contributed by atoms with Crippen molar-refractivity contribution >= 4 is 16.2 Å². The summed E-state index contributed by atoms with van der Waals surface area (Å²) in [4.78, 5) is 10.3. The van der Waals surface area contributed by atoms with Gasteiger partial charge in [0.2, 0.25) is 0 Å². The van der Waals surface area contributed by atoms with Crippen molar-refractivity contribution in [2.24, 2.45) is 0 Å². The van der Waals surface area contributed by atoms with Crippen molar-refractivity contribution in [3.05, 3.63) is 0 Å². The van der Waals surface area contributed by atoms with Crippen LogP contribution in [-0.4, -0.2) is 54.6 Å². The van der Waals surface area contributed by atoms with Crippen LogP contribution in [0.1, 0.15) is 26.7 Å². The first-order valence-electron chi connectivity index (χ1n) is 5.28. The van der Waals surface area contributed by atoms with E-state index in [1.165, 1.54) is 7.05 Å². The minimum Gasteiger partial charge on any atom is -0.481 e. The van der Waals surface area contributed by atoms with E-state index >= 15 is 0 Å². The summed E-state index contributed by atoms with van der Waals surface area (Å²) in [6, 6.07) is -0.410. The lowest BCUT2D eigenvalue weighted by molar-refractivity contribution is -0.137. The molecule has 7 nitrogen and oxygen atoms in total. The van der Waals surface area contributed by atoms with E-state index in [9.17, 15) is 13.2 Å². The molecule has 0 rings (SSSR count). The van der Waals surface area contributed by atoms with Gasteiger partial charge in [-0.05, 0) is 20.3 Å². The standard InChI is InChI=1S/C9H20N2O5S/c1-7(6-8(2)12)10-17(15,16)11(3)5-4-9(13)14/h7-8,10,12H,4-6H2,1-3H3,(H,13,14). The number of carboxylic acids is 1. The molecule has 0 aliphatic carbocycles. The molecule has 0 aromatic carbocycles. The van der Waals surface area contributed by atoms with Gasteiger partial charge in [-0.1, -0.05) is 0 Å². The first-order chi connectivity index (χ1) is 7.65. The Hall–Kier alpha value is -0.700. The molecule has 0 aromatic heterocycles. The summed E-state index contributed by atoms with van der Waals surface area (Å²) in [6.07, 6.45) is -0.550. The fraction of sp³-hybridized carbons (Fsp3) is 0.889. The zero-order valence-corrected chi connectivity index (χ0v) is 11.1. The van der Waals surface area contributed by atoms with Crippen LogP contribution in [-0.2, 0) is 15.0 Å². The van der Waals surface area contributed by atoms with Gasteiger partial charge in [0.25, 0.3) is 10.2 Å². The van der Waals surface area contributed by atoms with Crippen LogP contribution in [0.4, 0.5) is 0 Å². The maximum absolute atomic E-state index is 11.7. The number of carboxylic acid groups (broad SMARTS) is 1.